The van der Waals surface area contributed by atoms with Crippen LogP contribution in [0.5, 0.6) is 0 Å². The molecule has 5 nitrogen and oxygen atoms in total. The van der Waals surface area contributed by atoms with Crippen molar-refractivity contribution in [2.75, 3.05) is 25.1 Å². The van der Waals surface area contributed by atoms with E-state index in [2.05, 4.69) is 22.0 Å². The molecule has 6 heteroatoms. The highest BCUT2D eigenvalue weighted by Gasteiger charge is 2.18. The fraction of sp³-hybridized carbons (Fsp3) is 0.278. The Morgan fingerprint density at radius 1 is 1.25 bits per heavy atom. The van der Waals surface area contributed by atoms with Crippen molar-refractivity contribution in [1.29, 1.82) is 0 Å². The van der Waals surface area contributed by atoms with E-state index in [4.69, 9.17) is 11.6 Å². The molecule has 1 N–H and O–H groups in total. The Labute approximate surface area is 145 Å². The Kier molecular flexibility index (Phi) is 4.74. The van der Waals surface area contributed by atoms with Gasteiger partial charge >= 0.3 is 0 Å². The predicted octanol–water partition coefficient (Wildman–Crippen LogP) is 3.57. The first-order chi connectivity index (χ1) is 11.6. The van der Waals surface area contributed by atoms with Crippen molar-refractivity contribution in [3.05, 3.63) is 58.7 Å². The van der Waals surface area contributed by atoms with Gasteiger partial charge in [0.15, 0.2) is 0 Å². The summed E-state index contributed by atoms with van der Waals surface area (Å²) in [5.74, 6) is 1.51. The summed E-state index contributed by atoms with van der Waals surface area (Å²) in [6.07, 6.45) is 0.640. The first-order valence-electron chi connectivity index (χ1n) is 7.67. The Morgan fingerprint density at radius 2 is 2.00 bits per heavy atom. The van der Waals surface area contributed by atoms with Gasteiger partial charge in [0.05, 0.1) is 13.2 Å². The monoisotopic (exact) mass is 338 g/mol. The maximum atomic E-state index is 9.26. The third-order valence-electron chi connectivity index (χ3n) is 3.90. The second-order valence-corrected chi connectivity index (χ2v) is 6.57. The van der Waals surface area contributed by atoms with Crippen LogP contribution in [-0.4, -0.2) is 35.3 Å². The van der Waals surface area contributed by atoms with Crippen LogP contribution in [-0.2, 0) is 6.42 Å². The van der Waals surface area contributed by atoms with Crippen molar-refractivity contribution in [3.8, 4) is 0 Å². The van der Waals surface area contributed by atoms with Crippen LogP contribution >= 0.6 is 11.3 Å². The number of hydrogen-bond donors (Lipinski definition) is 1. The normalized spacial score (nSPS) is 10.8. The van der Waals surface area contributed by atoms with Gasteiger partial charge in [-0.1, -0.05) is 30.3 Å². The van der Waals surface area contributed by atoms with Gasteiger partial charge in [0.2, 0.25) is 5.00 Å². The van der Waals surface area contributed by atoms with Crippen LogP contribution in [0.2, 0.25) is 0 Å². The second kappa shape index (κ2) is 6.95. The molecule has 122 valence electrons. The van der Waals surface area contributed by atoms with Gasteiger partial charge in [-0.3, -0.25) is 0 Å². The lowest BCUT2D eigenvalue weighted by Gasteiger charge is -2.19. The van der Waals surface area contributed by atoms with Crippen molar-refractivity contribution in [1.82, 2.24) is 9.97 Å². The van der Waals surface area contributed by atoms with E-state index in [9.17, 15) is 5.11 Å². The van der Waals surface area contributed by atoms with E-state index in [1.807, 2.05) is 37.1 Å². The van der Waals surface area contributed by atoms with Crippen LogP contribution in [0, 0.1) is 13.5 Å². The number of aliphatic hydroxyl groups is 1. The van der Waals surface area contributed by atoms with Crippen molar-refractivity contribution >= 4 is 32.4 Å². The summed E-state index contributed by atoms with van der Waals surface area (Å²) in [6, 6.07) is 10.1. The summed E-state index contributed by atoms with van der Waals surface area (Å²) in [5.41, 5.74) is 2.06. The molecule has 0 saturated carbocycles. The van der Waals surface area contributed by atoms with Crippen LogP contribution in [0.3, 0.4) is 0 Å². The Bertz CT molecular complexity index is 899. The molecule has 3 rings (SSSR count). The zero-order valence-electron chi connectivity index (χ0n) is 13.7. The predicted molar refractivity (Wildman–Crippen MR) is 98.0 cm³/mol. The molecule has 0 radical (unpaired) electrons. The molecule has 0 saturated heterocycles. The number of benzene rings is 1. The fourth-order valence-electron chi connectivity index (χ4n) is 2.65. The summed E-state index contributed by atoms with van der Waals surface area (Å²) in [7, 11) is 1.90. The number of aryl methyl sites for hydroxylation is 1. The van der Waals surface area contributed by atoms with E-state index in [0.717, 1.165) is 33.0 Å². The lowest BCUT2D eigenvalue weighted by Crippen LogP contribution is -2.23. The first-order valence-corrected chi connectivity index (χ1v) is 8.49. The van der Waals surface area contributed by atoms with Gasteiger partial charge in [-0.2, -0.15) is 0 Å². The second-order valence-electron chi connectivity index (χ2n) is 5.60. The lowest BCUT2D eigenvalue weighted by atomic mass is 10.1. The highest BCUT2D eigenvalue weighted by molar-refractivity contribution is 7.22. The molecule has 0 bridgehead atoms. The van der Waals surface area contributed by atoms with Gasteiger partial charge < -0.3 is 10.0 Å². The van der Waals surface area contributed by atoms with Gasteiger partial charge in [0, 0.05) is 25.4 Å². The Morgan fingerprint density at radius 3 is 2.67 bits per heavy atom. The molecule has 0 aliphatic carbocycles. The Balaban J connectivity index is 2.13. The molecule has 0 atom stereocenters. The zero-order valence-corrected chi connectivity index (χ0v) is 14.5. The molecule has 0 spiro atoms. The van der Waals surface area contributed by atoms with Gasteiger partial charge in [-0.25, -0.2) is 14.8 Å². The number of thiophene rings is 1. The standard InChI is InChI=1S/C18H18N4OS/c1-12-15-16(22(3)9-10-23)20-14(11-13-7-5-4-6-8-13)21-18(15)24-17(12)19-2/h4-8,23H,9-11H2,1,3H3. The summed E-state index contributed by atoms with van der Waals surface area (Å²) < 4.78 is 0. The largest absolute Gasteiger partial charge is 0.395 e. The zero-order chi connectivity index (χ0) is 17.1. The van der Waals surface area contributed by atoms with E-state index in [0.29, 0.717) is 18.0 Å². The van der Waals surface area contributed by atoms with Gasteiger partial charge in [0.1, 0.15) is 16.5 Å². The lowest BCUT2D eigenvalue weighted by molar-refractivity contribution is 0.304. The quantitative estimate of drug-likeness (QED) is 0.723. The SMILES string of the molecule is [C-]#[N+]c1sc2nc(Cc3ccccc3)nc(N(C)CCO)c2c1C. The average Bonchev–Trinajstić information content (AvgIpc) is 2.91. The molecule has 0 aliphatic heterocycles. The highest BCUT2D eigenvalue weighted by Crippen LogP contribution is 2.40. The minimum atomic E-state index is 0.0505. The molecule has 2 aromatic heterocycles. The number of aliphatic hydroxyl groups excluding tert-OH is 1. The maximum Gasteiger partial charge on any atom is 0.246 e. The van der Waals surface area contributed by atoms with E-state index < -0.39 is 0 Å². The molecule has 0 unspecified atom stereocenters. The number of fused-ring (bicyclic) bond motifs is 1. The van der Waals surface area contributed by atoms with E-state index in [1.54, 1.807) is 0 Å². The topological polar surface area (TPSA) is 53.6 Å². The summed E-state index contributed by atoms with van der Waals surface area (Å²) >= 11 is 1.40. The number of nitrogens with zero attached hydrogens (tertiary/aromatic N) is 4. The van der Waals surface area contributed by atoms with Crippen molar-refractivity contribution < 1.29 is 5.11 Å². The first kappa shape index (κ1) is 16.4. The highest BCUT2D eigenvalue weighted by atomic mass is 32.1. The Hall–Kier alpha value is -2.49. The third-order valence-corrected chi connectivity index (χ3v) is 4.98. The number of rotatable bonds is 5. The molecular weight excluding hydrogens is 320 g/mol. The van der Waals surface area contributed by atoms with Crippen LogP contribution in [0.15, 0.2) is 30.3 Å². The maximum absolute atomic E-state index is 9.26. The number of aromatic nitrogens is 2. The molecule has 2 heterocycles. The molecule has 24 heavy (non-hydrogen) atoms. The molecule has 3 aromatic rings. The van der Waals surface area contributed by atoms with Crippen molar-refractivity contribution in [2.45, 2.75) is 13.3 Å². The number of anilines is 1. The van der Waals surface area contributed by atoms with E-state index >= 15 is 0 Å². The van der Waals surface area contributed by atoms with Crippen molar-refractivity contribution in [3.63, 3.8) is 0 Å². The van der Waals surface area contributed by atoms with Gasteiger partial charge in [-0.15, -0.1) is 11.3 Å². The summed E-state index contributed by atoms with van der Waals surface area (Å²) in [5, 5.41) is 10.8. The van der Waals surface area contributed by atoms with Crippen LogP contribution in [0.1, 0.15) is 17.0 Å². The summed E-state index contributed by atoms with van der Waals surface area (Å²) in [6.45, 7) is 9.81. The average molecular weight is 338 g/mol. The molecule has 1 aromatic carbocycles. The van der Waals surface area contributed by atoms with Crippen LogP contribution in [0.25, 0.3) is 15.1 Å². The third kappa shape index (κ3) is 3.09. The van der Waals surface area contributed by atoms with Crippen LogP contribution in [0.4, 0.5) is 10.8 Å². The minimum absolute atomic E-state index is 0.0505. The molecule has 0 amide bonds. The van der Waals surface area contributed by atoms with E-state index in [-0.39, 0.29) is 6.61 Å². The molecule has 0 fully saturated rings. The smallest absolute Gasteiger partial charge is 0.246 e. The molecule has 0 aliphatic rings. The number of hydrogen-bond acceptors (Lipinski definition) is 5. The molecular formula is C18H18N4OS. The fourth-order valence-corrected chi connectivity index (χ4v) is 3.63. The minimum Gasteiger partial charge on any atom is -0.395 e. The summed E-state index contributed by atoms with van der Waals surface area (Å²) in [4.78, 5) is 15.8. The van der Waals surface area contributed by atoms with Crippen LogP contribution < -0.4 is 4.90 Å². The van der Waals surface area contributed by atoms with E-state index in [1.165, 1.54) is 11.3 Å². The number of likely N-dealkylation sites (N-methyl/N-ethyl adjacent to an activating group) is 1. The van der Waals surface area contributed by atoms with Crippen molar-refractivity contribution in [2.24, 2.45) is 0 Å². The van der Waals surface area contributed by atoms with Gasteiger partial charge in [-0.05, 0) is 18.1 Å². The van der Waals surface area contributed by atoms with Gasteiger partial charge in [0.25, 0.3) is 0 Å².